The highest BCUT2D eigenvalue weighted by Gasteiger charge is 2.44. The van der Waals surface area contributed by atoms with E-state index in [1.807, 2.05) is 57.5 Å². The fraction of sp³-hybridized carbons (Fsp3) is 0.455. The highest BCUT2D eigenvalue weighted by Crippen LogP contribution is 2.48. The molecule has 48 heavy (non-hydrogen) atoms. The highest BCUT2D eigenvalue weighted by atomic mass is 32.2. The van der Waals surface area contributed by atoms with E-state index in [0.29, 0.717) is 44.5 Å². The van der Waals surface area contributed by atoms with E-state index in [1.165, 1.54) is 24.3 Å². The zero-order chi connectivity index (χ0) is 35.5. The van der Waals surface area contributed by atoms with E-state index in [9.17, 15) is 30.7 Å². The molecule has 258 valence electrons. The maximum atomic E-state index is 12.2. The summed E-state index contributed by atoms with van der Waals surface area (Å²) in [5.41, 5.74) is 10.2. The minimum atomic E-state index is -4.66. The van der Waals surface area contributed by atoms with Gasteiger partial charge in [-0.1, -0.05) is 26.3 Å². The first-order chi connectivity index (χ1) is 22.4. The Morgan fingerprint density at radius 1 is 0.958 bits per heavy atom. The van der Waals surface area contributed by atoms with Crippen LogP contribution in [0.2, 0.25) is 0 Å². The predicted molar refractivity (Wildman–Crippen MR) is 179 cm³/mol. The van der Waals surface area contributed by atoms with E-state index in [2.05, 4.69) is 20.2 Å². The van der Waals surface area contributed by atoms with Gasteiger partial charge in [-0.25, -0.2) is 16.8 Å². The number of carbonyl (C=O) groups is 1. The Morgan fingerprint density at radius 2 is 1.60 bits per heavy atom. The quantitative estimate of drug-likeness (QED) is 0.0953. The van der Waals surface area contributed by atoms with Crippen LogP contribution in [0.15, 0.2) is 75.2 Å². The number of anilines is 1. The molecule has 0 atom stereocenters. The van der Waals surface area contributed by atoms with E-state index in [-0.39, 0.29) is 15.7 Å². The van der Waals surface area contributed by atoms with Gasteiger partial charge in [-0.15, -0.1) is 0 Å². The molecular formula is C33H42N6O7S2. The largest absolute Gasteiger partial charge is 0.744 e. The van der Waals surface area contributed by atoms with Crippen molar-refractivity contribution in [2.45, 2.75) is 80.4 Å². The van der Waals surface area contributed by atoms with Crippen LogP contribution in [0.1, 0.15) is 70.9 Å². The lowest BCUT2D eigenvalue weighted by Gasteiger charge is -2.27. The molecule has 13 nitrogen and oxygen atoms in total. The number of rotatable bonds is 14. The van der Waals surface area contributed by atoms with Gasteiger partial charge in [0, 0.05) is 54.0 Å². The van der Waals surface area contributed by atoms with Crippen molar-refractivity contribution in [1.82, 2.24) is 10.2 Å². The van der Waals surface area contributed by atoms with Crippen LogP contribution in [-0.4, -0.2) is 68.8 Å². The summed E-state index contributed by atoms with van der Waals surface area (Å²) in [6.45, 7) is 9.33. The molecule has 2 aromatic rings. The van der Waals surface area contributed by atoms with Crippen molar-refractivity contribution in [3.05, 3.63) is 71.5 Å². The van der Waals surface area contributed by atoms with Crippen molar-refractivity contribution >= 4 is 43.2 Å². The number of allylic oxidation sites excluding steroid dienone is 4. The fourth-order valence-electron chi connectivity index (χ4n) is 6.50. The molecule has 0 aliphatic carbocycles. The standard InChI is InChI=1S/C33H42N6O7S2/c1-32(2)25-21-23(47(41,42)43)14-16-27(25)38(5)29(32)11-9-12-30-33(3,4)26-22-24(48(44,45)46)15-17-28(26)39(30)20-8-6-7-13-31(40)35-18-10-19-36-37-34/h9,11-12,14-17,21-22,34H,6-8,10,13,18-20H2,1-5H3,(H-2,35,40,41,42,43,44,45,46). The minimum absolute atomic E-state index is 0.0483. The number of carbonyl (C=O) groups excluding carboxylic acids is 1. The summed E-state index contributed by atoms with van der Waals surface area (Å²) in [6, 6.07) is 8.84. The van der Waals surface area contributed by atoms with Crippen molar-refractivity contribution in [3.63, 3.8) is 0 Å². The lowest BCUT2D eigenvalue weighted by molar-refractivity contribution is -0.401. The summed E-state index contributed by atoms with van der Waals surface area (Å²) in [5, 5.41) is 6.40. The van der Waals surface area contributed by atoms with Gasteiger partial charge in [0.1, 0.15) is 44.5 Å². The molecule has 0 spiro atoms. The number of hydrogen-bond donors (Lipinski definition) is 2. The lowest BCUT2D eigenvalue weighted by Crippen LogP contribution is -2.28. The maximum absolute atomic E-state index is 12.2. The van der Waals surface area contributed by atoms with Crippen LogP contribution in [0.4, 0.5) is 11.4 Å². The van der Waals surface area contributed by atoms with Crippen LogP contribution in [-0.2, 0) is 35.9 Å². The Hall–Kier alpha value is -4.01. The summed E-state index contributed by atoms with van der Waals surface area (Å²) >= 11 is 0. The Labute approximate surface area is 282 Å². The van der Waals surface area contributed by atoms with E-state index in [1.54, 1.807) is 12.1 Å². The molecule has 2 N–H and O–H groups in total. The maximum Gasteiger partial charge on any atom is 0.219 e. The van der Waals surface area contributed by atoms with Crippen LogP contribution in [0, 0.1) is 5.53 Å². The van der Waals surface area contributed by atoms with Gasteiger partial charge >= 0.3 is 0 Å². The van der Waals surface area contributed by atoms with Gasteiger partial charge in [-0.2, -0.15) is 4.58 Å². The number of hydrogen-bond acceptors (Lipinski definition) is 10. The molecular weight excluding hydrogens is 657 g/mol. The zero-order valence-corrected chi connectivity index (χ0v) is 29.4. The van der Waals surface area contributed by atoms with Crippen LogP contribution >= 0.6 is 0 Å². The minimum Gasteiger partial charge on any atom is -0.744 e. The Kier molecular flexibility index (Phi) is 10.9. The molecule has 15 heteroatoms. The Bertz CT molecular complexity index is 1960. The van der Waals surface area contributed by atoms with Crippen molar-refractivity contribution in [3.8, 4) is 0 Å². The predicted octanol–water partition coefficient (Wildman–Crippen LogP) is 4.36. The fourth-order valence-corrected chi connectivity index (χ4v) is 7.49. The summed E-state index contributed by atoms with van der Waals surface area (Å²) in [4.78, 5) is 16.7. The average Bonchev–Trinajstić information content (AvgIpc) is 3.33. The van der Waals surface area contributed by atoms with E-state index in [4.69, 9.17) is 5.53 Å². The third-order valence-electron chi connectivity index (χ3n) is 9.07. The van der Waals surface area contributed by atoms with Gasteiger partial charge < -0.3 is 19.3 Å². The first kappa shape index (κ1) is 36.8. The van der Waals surface area contributed by atoms with Crippen molar-refractivity contribution in [2.24, 2.45) is 5.11 Å². The van der Waals surface area contributed by atoms with Gasteiger partial charge in [-0.3, -0.25) is 4.79 Å². The molecule has 0 saturated heterocycles. The van der Waals surface area contributed by atoms with Crippen LogP contribution in [0.25, 0.3) is 0 Å². The normalized spacial score (nSPS) is 17.5. The van der Waals surface area contributed by atoms with Gasteiger partial charge in [-0.05, 0) is 75.1 Å². The highest BCUT2D eigenvalue weighted by molar-refractivity contribution is 7.86. The zero-order valence-electron chi connectivity index (χ0n) is 27.8. The van der Waals surface area contributed by atoms with Gasteiger partial charge in [0.05, 0.1) is 15.2 Å². The molecule has 0 saturated carbocycles. The third kappa shape index (κ3) is 7.82. The molecule has 2 aliphatic rings. The van der Waals surface area contributed by atoms with E-state index >= 15 is 0 Å². The average molecular weight is 699 g/mol. The number of nitrogens with one attached hydrogen (secondary N) is 2. The SMILES string of the molecule is C[N+]1=C(/C=C/C=C2\N(CCCCCC(=O)NCCCN=[N+]=N)c3ccc(S(=O)(=O)[O-])cc3C2(C)C)C(C)(C)c2cc(S(=O)(=O)[O-])ccc21. The van der Waals surface area contributed by atoms with Crippen LogP contribution in [0.5, 0.6) is 0 Å². The van der Waals surface area contributed by atoms with Crippen molar-refractivity contribution in [2.75, 3.05) is 31.6 Å². The molecule has 4 rings (SSSR count). The molecule has 0 aromatic heterocycles. The molecule has 0 unspecified atom stereocenters. The number of amides is 1. The molecule has 2 aliphatic heterocycles. The van der Waals surface area contributed by atoms with E-state index in [0.717, 1.165) is 41.2 Å². The lowest BCUT2D eigenvalue weighted by atomic mass is 9.81. The Morgan fingerprint density at radius 3 is 2.25 bits per heavy atom. The van der Waals surface area contributed by atoms with Gasteiger partial charge in [0.2, 0.25) is 16.5 Å². The molecule has 0 bridgehead atoms. The number of nitrogens with zero attached hydrogens (tertiary/aromatic N) is 4. The van der Waals surface area contributed by atoms with Gasteiger partial charge in [0.15, 0.2) is 5.71 Å². The smallest absolute Gasteiger partial charge is 0.219 e. The second-order valence-electron chi connectivity index (χ2n) is 13.0. The molecule has 1 amide bonds. The second-order valence-corrected chi connectivity index (χ2v) is 15.8. The van der Waals surface area contributed by atoms with Crippen LogP contribution in [0.3, 0.4) is 0 Å². The number of benzene rings is 2. The molecule has 2 heterocycles. The first-order valence-corrected chi connectivity index (χ1v) is 18.5. The molecule has 0 fully saturated rings. The summed E-state index contributed by atoms with van der Waals surface area (Å²) in [5.74, 6) is -0.0483. The van der Waals surface area contributed by atoms with Crippen molar-refractivity contribution in [1.29, 1.82) is 5.53 Å². The summed E-state index contributed by atoms with van der Waals surface area (Å²) in [6.07, 6.45) is 9.02. The topological polar surface area (TPSA) is 200 Å². The second kappa shape index (κ2) is 14.2. The van der Waals surface area contributed by atoms with Gasteiger partial charge in [0.25, 0.3) is 0 Å². The van der Waals surface area contributed by atoms with Crippen LogP contribution < -0.4 is 15.1 Å². The molecule has 2 aromatic carbocycles. The van der Waals surface area contributed by atoms with E-state index < -0.39 is 31.1 Å². The summed E-state index contributed by atoms with van der Waals surface area (Å²) in [7, 11) is -7.40. The number of fused-ring (bicyclic) bond motifs is 2. The Balaban J connectivity index is 1.56. The van der Waals surface area contributed by atoms with Crippen molar-refractivity contribution < 1.29 is 35.3 Å². The number of unbranched alkanes of at least 4 members (excludes halogenated alkanes) is 2. The summed E-state index contributed by atoms with van der Waals surface area (Å²) < 4.78 is 72.8. The monoisotopic (exact) mass is 698 g/mol. The molecule has 0 radical (unpaired) electrons. The third-order valence-corrected chi connectivity index (χ3v) is 10.7. The first-order valence-electron chi connectivity index (χ1n) is 15.7.